The van der Waals surface area contributed by atoms with Crippen molar-refractivity contribution in [3.63, 3.8) is 0 Å². The number of carbonyl (C=O) groups is 4. The lowest BCUT2D eigenvalue weighted by Crippen LogP contribution is -2.50. The number of hydrogen-bond acceptors (Lipinski definition) is 4. The summed E-state index contributed by atoms with van der Waals surface area (Å²) in [5.74, 6) is -1.24. The van der Waals surface area contributed by atoms with Crippen molar-refractivity contribution in [2.75, 3.05) is 13.1 Å². The van der Waals surface area contributed by atoms with Gasteiger partial charge in [0.15, 0.2) is 0 Å². The van der Waals surface area contributed by atoms with Gasteiger partial charge in [-0.25, -0.2) is 0 Å². The number of nitrogens with one attached hydrogen (secondary N) is 1. The Labute approximate surface area is 244 Å². The zero-order chi connectivity index (χ0) is 28.6. The fourth-order valence-corrected chi connectivity index (χ4v) is 5.05. The quantitative estimate of drug-likeness (QED) is 0.285. The summed E-state index contributed by atoms with van der Waals surface area (Å²) in [4.78, 5) is 55.4. The van der Waals surface area contributed by atoms with Crippen molar-refractivity contribution in [2.24, 2.45) is 0 Å². The van der Waals surface area contributed by atoms with E-state index in [-0.39, 0.29) is 49.6 Å². The molecule has 0 bridgehead atoms. The minimum Gasteiger partial charge on any atom is -0.354 e. The Morgan fingerprint density at radius 3 is 2.15 bits per heavy atom. The maximum Gasteiger partial charge on any atom is 0.261 e. The van der Waals surface area contributed by atoms with Crippen molar-refractivity contribution >= 4 is 46.8 Å². The highest BCUT2D eigenvalue weighted by Crippen LogP contribution is 2.26. The first-order valence-corrected chi connectivity index (χ1v) is 14.1. The lowest BCUT2D eigenvalue weighted by atomic mass is 10.0. The second-order valence-electron chi connectivity index (χ2n) is 9.68. The van der Waals surface area contributed by atoms with Gasteiger partial charge in [0.25, 0.3) is 11.8 Å². The fraction of sp³-hybridized carbons (Fsp3) is 0.290. The van der Waals surface area contributed by atoms with Crippen LogP contribution in [-0.2, 0) is 22.6 Å². The predicted octanol–water partition coefficient (Wildman–Crippen LogP) is 5.54. The van der Waals surface area contributed by atoms with Crippen molar-refractivity contribution in [1.29, 1.82) is 0 Å². The van der Waals surface area contributed by atoms with Gasteiger partial charge in [-0.1, -0.05) is 78.7 Å². The molecular formula is C31H31Cl2N3O4. The molecule has 3 aromatic carbocycles. The first-order chi connectivity index (χ1) is 19.3. The van der Waals surface area contributed by atoms with E-state index >= 15 is 0 Å². The largest absolute Gasteiger partial charge is 0.354 e. The van der Waals surface area contributed by atoms with Crippen LogP contribution in [0.2, 0.25) is 10.0 Å². The van der Waals surface area contributed by atoms with Crippen molar-refractivity contribution in [3.8, 4) is 0 Å². The summed E-state index contributed by atoms with van der Waals surface area (Å²) in [7, 11) is 0. The molecule has 9 heteroatoms. The molecule has 4 rings (SSSR count). The van der Waals surface area contributed by atoms with E-state index in [1.54, 1.807) is 47.4 Å². The van der Waals surface area contributed by atoms with Crippen LogP contribution in [0.4, 0.5) is 0 Å². The Kier molecular flexibility index (Phi) is 9.96. The number of halogens is 2. The summed E-state index contributed by atoms with van der Waals surface area (Å²) in [6.07, 6.45) is 1.38. The van der Waals surface area contributed by atoms with Gasteiger partial charge >= 0.3 is 0 Å². The first-order valence-electron chi connectivity index (χ1n) is 13.3. The van der Waals surface area contributed by atoms with E-state index in [0.29, 0.717) is 34.1 Å². The topological polar surface area (TPSA) is 86.8 Å². The highest BCUT2D eigenvalue weighted by atomic mass is 35.5. The number of benzene rings is 3. The van der Waals surface area contributed by atoms with Gasteiger partial charge in [0, 0.05) is 32.5 Å². The van der Waals surface area contributed by atoms with Crippen molar-refractivity contribution < 1.29 is 19.2 Å². The molecule has 1 aliphatic rings. The van der Waals surface area contributed by atoms with Crippen molar-refractivity contribution in [3.05, 3.63) is 105 Å². The summed E-state index contributed by atoms with van der Waals surface area (Å²) in [6.45, 7) is 2.69. The van der Waals surface area contributed by atoms with Crippen LogP contribution >= 0.6 is 23.2 Å². The Morgan fingerprint density at radius 2 is 1.52 bits per heavy atom. The molecule has 208 valence electrons. The van der Waals surface area contributed by atoms with Crippen molar-refractivity contribution in [2.45, 2.75) is 45.2 Å². The molecule has 0 fully saturated rings. The summed E-state index contributed by atoms with van der Waals surface area (Å²) >= 11 is 12.4. The highest BCUT2D eigenvalue weighted by Gasteiger charge is 2.35. The third-order valence-corrected chi connectivity index (χ3v) is 7.55. The van der Waals surface area contributed by atoms with Crippen LogP contribution in [-0.4, -0.2) is 52.6 Å². The van der Waals surface area contributed by atoms with E-state index in [9.17, 15) is 19.2 Å². The Bertz CT molecular complexity index is 1360. The van der Waals surface area contributed by atoms with Gasteiger partial charge in [0.1, 0.15) is 6.04 Å². The summed E-state index contributed by atoms with van der Waals surface area (Å²) in [5.41, 5.74) is 2.38. The molecule has 0 spiro atoms. The van der Waals surface area contributed by atoms with Gasteiger partial charge in [-0.2, -0.15) is 0 Å². The molecule has 0 aliphatic carbocycles. The summed E-state index contributed by atoms with van der Waals surface area (Å²) < 4.78 is 0. The molecule has 1 atom stereocenters. The second kappa shape index (κ2) is 13.6. The van der Waals surface area contributed by atoms with Crippen LogP contribution in [0, 0.1) is 0 Å². The van der Waals surface area contributed by atoms with Gasteiger partial charge in [0.2, 0.25) is 11.8 Å². The number of hydrogen-bond donors (Lipinski definition) is 1. The third kappa shape index (κ3) is 6.90. The van der Waals surface area contributed by atoms with Gasteiger partial charge in [0.05, 0.1) is 21.2 Å². The predicted molar refractivity (Wildman–Crippen MR) is 155 cm³/mol. The standard InChI is InChI=1S/C31H31Cl2N3O4/c1-2-16-34-29(38)27(19-21-9-4-3-5-10-21)36(20-22-14-15-25(32)26(33)18-22)28(37)13-8-17-35-30(39)23-11-6-7-12-24(23)31(35)40/h3-7,9-12,14-15,18,27H,2,8,13,16-17,19-20H2,1H3,(H,34,38). The van der Waals surface area contributed by atoms with Crippen LogP contribution in [0.1, 0.15) is 58.0 Å². The smallest absolute Gasteiger partial charge is 0.261 e. The molecule has 0 saturated carbocycles. The molecule has 1 aliphatic heterocycles. The van der Waals surface area contributed by atoms with Crippen LogP contribution in [0.25, 0.3) is 0 Å². The van der Waals surface area contributed by atoms with Crippen molar-refractivity contribution in [1.82, 2.24) is 15.1 Å². The van der Waals surface area contributed by atoms with Gasteiger partial charge in [-0.3, -0.25) is 24.1 Å². The normalized spacial score (nSPS) is 13.2. The van der Waals surface area contributed by atoms with Crippen LogP contribution in [0.5, 0.6) is 0 Å². The zero-order valence-corrected chi connectivity index (χ0v) is 23.8. The SMILES string of the molecule is CCCNC(=O)C(Cc1ccccc1)N(Cc1ccc(Cl)c(Cl)c1)C(=O)CCCN1C(=O)c2ccccc2C1=O. The molecule has 0 aromatic heterocycles. The maximum atomic E-state index is 13.8. The highest BCUT2D eigenvalue weighted by molar-refractivity contribution is 6.42. The monoisotopic (exact) mass is 579 g/mol. The lowest BCUT2D eigenvalue weighted by Gasteiger charge is -2.32. The van der Waals surface area contributed by atoms with Crippen LogP contribution in [0.15, 0.2) is 72.8 Å². The minimum absolute atomic E-state index is 0.0427. The molecular weight excluding hydrogens is 549 g/mol. The Hall–Kier alpha value is -3.68. The van der Waals surface area contributed by atoms with Crippen LogP contribution in [0.3, 0.4) is 0 Å². The van der Waals surface area contributed by atoms with E-state index in [1.165, 1.54) is 4.90 Å². The number of nitrogens with zero attached hydrogens (tertiary/aromatic N) is 2. The fourth-order valence-electron chi connectivity index (χ4n) is 4.73. The molecule has 40 heavy (non-hydrogen) atoms. The Morgan fingerprint density at radius 1 is 0.875 bits per heavy atom. The zero-order valence-electron chi connectivity index (χ0n) is 22.2. The number of carbonyl (C=O) groups excluding carboxylic acids is 4. The van der Waals surface area contributed by atoms with Crippen LogP contribution < -0.4 is 5.32 Å². The molecule has 0 radical (unpaired) electrons. The van der Waals surface area contributed by atoms with E-state index in [4.69, 9.17) is 23.2 Å². The average molecular weight is 581 g/mol. The molecule has 1 N–H and O–H groups in total. The van der Waals surface area contributed by atoms with E-state index in [0.717, 1.165) is 17.5 Å². The average Bonchev–Trinajstić information content (AvgIpc) is 3.20. The lowest BCUT2D eigenvalue weighted by molar-refractivity contribution is -0.141. The number of amides is 4. The minimum atomic E-state index is -0.782. The summed E-state index contributed by atoms with van der Waals surface area (Å²) in [6, 6.07) is 20.6. The summed E-state index contributed by atoms with van der Waals surface area (Å²) in [5, 5.41) is 3.69. The van der Waals surface area contributed by atoms with Gasteiger partial charge in [-0.15, -0.1) is 0 Å². The maximum absolute atomic E-state index is 13.8. The number of imide groups is 1. The molecule has 7 nitrogen and oxygen atoms in total. The number of fused-ring (bicyclic) bond motifs is 1. The van der Waals surface area contributed by atoms with E-state index in [2.05, 4.69) is 5.32 Å². The Balaban J connectivity index is 1.55. The molecule has 3 aromatic rings. The van der Waals surface area contributed by atoms with E-state index in [1.807, 2.05) is 37.3 Å². The second-order valence-corrected chi connectivity index (χ2v) is 10.5. The third-order valence-electron chi connectivity index (χ3n) is 6.81. The molecule has 1 unspecified atom stereocenters. The van der Waals surface area contributed by atoms with E-state index < -0.39 is 6.04 Å². The number of rotatable bonds is 12. The van der Waals surface area contributed by atoms with Gasteiger partial charge in [-0.05, 0) is 48.2 Å². The molecule has 0 saturated heterocycles. The first kappa shape index (κ1) is 29.3. The molecule has 1 heterocycles. The van der Waals surface area contributed by atoms with Gasteiger partial charge < -0.3 is 10.2 Å². The molecule has 4 amide bonds.